The maximum atomic E-state index is 10.6. The van der Waals surface area contributed by atoms with Crippen LogP contribution in [0.5, 0.6) is 0 Å². The SMILES string of the molecule is Cc1ccccc1CNc1nc(C(=O)O)co1. The number of rotatable bonds is 4. The summed E-state index contributed by atoms with van der Waals surface area (Å²) in [5.41, 5.74) is 2.17. The van der Waals surface area contributed by atoms with Gasteiger partial charge in [-0.25, -0.2) is 4.79 Å². The molecule has 0 fully saturated rings. The second-order valence-electron chi connectivity index (χ2n) is 3.62. The molecular weight excluding hydrogens is 220 g/mol. The van der Waals surface area contributed by atoms with Gasteiger partial charge in [-0.2, -0.15) is 4.98 Å². The Morgan fingerprint density at radius 3 is 2.88 bits per heavy atom. The van der Waals surface area contributed by atoms with Gasteiger partial charge in [0.1, 0.15) is 6.26 Å². The summed E-state index contributed by atoms with van der Waals surface area (Å²) in [4.78, 5) is 14.4. The van der Waals surface area contributed by atoms with Gasteiger partial charge in [0.2, 0.25) is 0 Å². The minimum atomic E-state index is -1.10. The molecule has 0 saturated carbocycles. The Bertz CT molecular complexity index is 534. The molecule has 0 aliphatic heterocycles. The van der Waals surface area contributed by atoms with Gasteiger partial charge in [-0.15, -0.1) is 0 Å². The van der Waals surface area contributed by atoms with Crippen LogP contribution >= 0.6 is 0 Å². The van der Waals surface area contributed by atoms with Crippen LogP contribution in [0.25, 0.3) is 0 Å². The molecule has 2 aromatic rings. The van der Waals surface area contributed by atoms with Gasteiger partial charge in [-0.3, -0.25) is 0 Å². The zero-order chi connectivity index (χ0) is 12.3. The summed E-state index contributed by atoms with van der Waals surface area (Å²) in [6, 6.07) is 8.12. The number of aromatic carboxylic acids is 1. The number of oxazole rings is 1. The Morgan fingerprint density at radius 2 is 2.24 bits per heavy atom. The van der Waals surface area contributed by atoms with E-state index in [0.29, 0.717) is 6.54 Å². The number of hydrogen-bond donors (Lipinski definition) is 2. The fraction of sp³-hybridized carbons (Fsp3) is 0.167. The third kappa shape index (κ3) is 2.63. The molecule has 1 aromatic carbocycles. The lowest BCUT2D eigenvalue weighted by atomic mass is 10.1. The van der Waals surface area contributed by atoms with Gasteiger partial charge in [-0.05, 0) is 18.1 Å². The van der Waals surface area contributed by atoms with Gasteiger partial charge in [0.25, 0.3) is 6.01 Å². The lowest BCUT2D eigenvalue weighted by Crippen LogP contribution is -2.02. The van der Waals surface area contributed by atoms with Crippen LogP contribution < -0.4 is 5.32 Å². The van der Waals surface area contributed by atoms with Crippen LogP contribution in [0.2, 0.25) is 0 Å². The van der Waals surface area contributed by atoms with E-state index in [1.807, 2.05) is 31.2 Å². The maximum absolute atomic E-state index is 10.6. The monoisotopic (exact) mass is 232 g/mol. The van der Waals surface area contributed by atoms with Crippen LogP contribution in [-0.2, 0) is 6.54 Å². The quantitative estimate of drug-likeness (QED) is 0.845. The molecule has 0 aliphatic rings. The molecule has 1 aromatic heterocycles. The third-order valence-electron chi connectivity index (χ3n) is 2.41. The van der Waals surface area contributed by atoms with Crippen molar-refractivity contribution < 1.29 is 14.3 Å². The van der Waals surface area contributed by atoms with Gasteiger partial charge in [-0.1, -0.05) is 24.3 Å². The van der Waals surface area contributed by atoms with Gasteiger partial charge < -0.3 is 14.8 Å². The highest BCUT2D eigenvalue weighted by atomic mass is 16.4. The molecule has 0 saturated heterocycles. The first-order valence-corrected chi connectivity index (χ1v) is 5.14. The van der Waals surface area contributed by atoms with E-state index in [1.165, 1.54) is 0 Å². The highest BCUT2D eigenvalue weighted by molar-refractivity contribution is 5.85. The average molecular weight is 232 g/mol. The zero-order valence-electron chi connectivity index (χ0n) is 9.30. The van der Waals surface area contributed by atoms with Crippen LogP contribution in [0.1, 0.15) is 21.6 Å². The Morgan fingerprint density at radius 1 is 1.47 bits per heavy atom. The number of aryl methyl sites for hydroxylation is 1. The number of carbonyl (C=O) groups is 1. The normalized spacial score (nSPS) is 10.2. The average Bonchev–Trinajstić information content (AvgIpc) is 2.77. The minimum Gasteiger partial charge on any atom is -0.476 e. The van der Waals surface area contributed by atoms with Gasteiger partial charge in [0.15, 0.2) is 5.69 Å². The number of nitrogens with one attached hydrogen (secondary N) is 1. The van der Waals surface area contributed by atoms with Crippen molar-refractivity contribution in [2.45, 2.75) is 13.5 Å². The van der Waals surface area contributed by atoms with Crippen molar-refractivity contribution in [2.75, 3.05) is 5.32 Å². The number of hydrogen-bond acceptors (Lipinski definition) is 4. The largest absolute Gasteiger partial charge is 0.476 e. The first kappa shape index (κ1) is 11.2. The van der Waals surface area contributed by atoms with Gasteiger partial charge in [0.05, 0.1) is 0 Å². The molecule has 5 nitrogen and oxygen atoms in total. The van der Waals surface area contributed by atoms with E-state index >= 15 is 0 Å². The second-order valence-corrected chi connectivity index (χ2v) is 3.62. The lowest BCUT2D eigenvalue weighted by molar-refractivity contribution is 0.0690. The third-order valence-corrected chi connectivity index (χ3v) is 2.41. The molecule has 5 heteroatoms. The molecule has 0 aliphatic carbocycles. The van der Waals surface area contributed by atoms with Crippen molar-refractivity contribution in [2.24, 2.45) is 0 Å². The molecular formula is C12H12N2O3. The predicted octanol–water partition coefficient (Wildman–Crippen LogP) is 2.29. The van der Waals surface area contributed by atoms with Crippen molar-refractivity contribution in [3.05, 3.63) is 47.3 Å². The molecule has 0 spiro atoms. The van der Waals surface area contributed by atoms with Crippen molar-refractivity contribution in [3.8, 4) is 0 Å². The van der Waals surface area contributed by atoms with Crippen molar-refractivity contribution in [3.63, 3.8) is 0 Å². The van der Waals surface area contributed by atoms with Gasteiger partial charge >= 0.3 is 5.97 Å². The van der Waals surface area contributed by atoms with Crippen molar-refractivity contribution in [1.29, 1.82) is 0 Å². The molecule has 1 heterocycles. The number of nitrogens with zero attached hydrogens (tertiary/aromatic N) is 1. The predicted molar refractivity (Wildman–Crippen MR) is 62.0 cm³/mol. The van der Waals surface area contributed by atoms with E-state index in [2.05, 4.69) is 10.3 Å². The summed E-state index contributed by atoms with van der Waals surface area (Å²) in [5.74, 6) is -1.10. The molecule has 0 unspecified atom stereocenters. The summed E-state index contributed by atoms with van der Waals surface area (Å²) < 4.78 is 4.98. The molecule has 88 valence electrons. The molecule has 2 rings (SSSR count). The fourth-order valence-electron chi connectivity index (χ4n) is 1.43. The maximum Gasteiger partial charge on any atom is 0.357 e. The van der Waals surface area contributed by atoms with E-state index in [9.17, 15) is 4.79 Å². The lowest BCUT2D eigenvalue weighted by Gasteiger charge is -2.04. The summed E-state index contributed by atoms with van der Waals surface area (Å²) >= 11 is 0. The number of anilines is 1. The molecule has 0 amide bonds. The van der Waals surface area contributed by atoms with E-state index in [4.69, 9.17) is 9.52 Å². The smallest absolute Gasteiger partial charge is 0.357 e. The van der Waals surface area contributed by atoms with E-state index in [1.54, 1.807) is 0 Å². The fourth-order valence-corrected chi connectivity index (χ4v) is 1.43. The summed E-state index contributed by atoms with van der Waals surface area (Å²) in [7, 11) is 0. The molecule has 0 atom stereocenters. The first-order valence-electron chi connectivity index (χ1n) is 5.14. The highest BCUT2D eigenvalue weighted by Crippen LogP contribution is 2.11. The summed E-state index contributed by atoms with van der Waals surface area (Å²) in [6.45, 7) is 2.56. The summed E-state index contributed by atoms with van der Waals surface area (Å²) in [5, 5.41) is 11.6. The molecule has 0 radical (unpaired) electrons. The van der Waals surface area contributed by atoms with E-state index in [-0.39, 0.29) is 11.7 Å². The second kappa shape index (κ2) is 4.69. The number of benzene rings is 1. The van der Waals surface area contributed by atoms with Crippen LogP contribution in [0.3, 0.4) is 0 Å². The Labute approximate surface area is 98.1 Å². The van der Waals surface area contributed by atoms with E-state index in [0.717, 1.165) is 17.4 Å². The highest BCUT2D eigenvalue weighted by Gasteiger charge is 2.09. The Kier molecular flexibility index (Phi) is 3.09. The Balaban J connectivity index is 2.02. The molecule has 2 N–H and O–H groups in total. The van der Waals surface area contributed by atoms with Crippen LogP contribution in [0.15, 0.2) is 34.9 Å². The minimum absolute atomic E-state index is 0.0997. The van der Waals surface area contributed by atoms with Gasteiger partial charge in [0, 0.05) is 6.54 Å². The van der Waals surface area contributed by atoms with Crippen LogP contribution in [0, 0.1) is 6.92 Å². The molecule has 0 bridgehead atoms. The van der Waals surface area contributed by atoms with Crippen molar-refractivity contribution >= 4 is 12.0 Å². The zero-order valence-corrected chi connectivity index (χ0v) is 9.30. The molecule has 17 heavy (non-hydrogen) atoms. The van der Waals surface area contributed by atoms with Crippen molar-refractivity contribution in [1.82, 2.24) is 4.98 Å². The number of carboxylic acid groups (broad SMARTS) is 1. The first-order chi connectivity index (χ1) is 8.16. The van der Waals surface area contributed by atoms with Crippen LogP contribution in [0.4, 0.5) is 6.01 Å². The Hall–Kier alpha value is -2.30. The number of carboxylic acids is 1. The topological polar surface area (TPSA) is 75.4 Å². The number of aromatic nitrogens is 1. The van der Waals surface area contributed by atoms with E-state index < -0.39 is 5.97 Å². The standard InChI is InChI=1S/C12H12N2O3/c1-8-4-2-3-5-9(8)6-13-12-14-10(7-17-12)11(15)16/h2-5,7H,6H2,1H3,(H,13,14)(H,15,16). The van der Waals surface area contributed by atoms with Crippen LogP contribution in [-0.4, -0.2) is 16.1 Å². The summed E-state index contributed by atoms with van der Waals surface area (Å²) in [6.07, 6.45) is 1.11.